The van der Waals surface area contributed by atoms with Crippen LogP contribution in [0.2, 0.25) is 10.0 Å². The van der Waals surface area contributed by atoms with Crippen molar-refractivity contribution in [3.8, 4) is 0 Å². The standard InChI is InChI=1S/C17H11Cl2N7O5/c18-10-5-11(19)7-12(6-10)22-15-14(26(30)31)16(21-8-20-15)23-24-17(27)9-2-1-3-13(4-9)25(28)29/h1-8H,(H,24,27)(H2,20,21,22,23). The molecule has 1 amide bonds. The van der Waals surface area contributed by atoms with Gasteiger partial charge >= 0.3 is 5.69 Å². The number of nitrogens with one attached hydrogen (secondary N) is 3. The molecule has 3 rings (SSSR count). The summed E-state index contributed by atoms with van der Waals surface area (Å²) < 4.78 is 0. The molecule has 0 saturated heterocycles. The smallest absolute Gasteiger partial charge is 0.334 e. The van der Waals surface area contributed by atoms with Crippen LogP contribution in [0, 0.1) is 20.2 Å². The van der Waals surface area contributed by atoms with E-state index in [-0.39, 0.29) is 22.9 Å². The Morgan fingerprint density at radius 3 is 2.26 bits per heavy atom. The van der Waals surface area contributed by atoms with Gasteiger partial charge in [0.1, 0.15) is 6.33 Å². The highest BCUT2D eigenvalue weighted by atomic mass is 35.5. The minimum Gasteiger partial charge on any atom is -0.334 e. The van der Waals surface area contributed by atoms with Gasteiger partial charge in [0.15, 0.2) is 0 Å². The maximum Gasteiger partial charge on any atom is 0.355 e. The van der Waals surface area contributed by atoms with Crippen LogP contribution in [0.5, 0.6) is 0 Å². The number of rotatable bonds is 7. The maximum atomic E-state index is 12.3. The second-order valence-electron chi connectivity index (χ2n) is 5.85. The van der Waals surface area contributed by atoms with Gasteiger partial charge < -0.3 is 5.32 Å². The molecule has 3 N–H and O–H groups in total. The fourth-order valence-corrected chi connectivity index (χ4v) is 2.97. The van der Waals surface area contributed by atoms with Crippen molar-refractivity contribution >= 4 is 57.8 Å². The topological polar surface area (TPSA) is 165 Å². The van der Waals surface area contributed by atoms with E-state index in [1.54, 1.807) is 0 Å². The molecule has 0 radical (unpaired) electrons. The van der Waals surface area contributed by atoms with E-state index in [1.807, 2.05) is 0 Å². The van der Waals surface area contributed by atoms with Crippen molar-refractivity contribution in [1.29, 1.82) is 0 Å². The molecule has 31 heavy (non-hydrogen) atoms. The van der Waals surface area contributed by atoms with Gasteiger partial charge in [0.05, 0.1) is 9.85 Å². The van der Waals surface area contributed by atoms with Crippen molar-refractivity contribution in [2.24, 2.45) is 0 Å². The zero-order valence-corrected chi connectivity index (χ0v) is 16.7. The van der Waals surface area contributed by atoms with Crippen LogP contribution < -0.4 is 16.2 Å². The third-order valence-electron chi connectivity index (χ3n) is 3.74. The molecule has 0 aliphatic heterocycles. The summed E-state index contributed by atoms with van der Waals surface area (Å²) in [6.07, 6.45) is 1.03. The molecule has 0 unspecified atom stereocenters. The average Bonchev–Trinajstić information content (AvgIpc) is 2.71. The minimum atomic E-state index is -0.771. The fourth-order valence-electron chi connectivity index (χ4n) is 2.45. The molecule has 0 fully saturated rings. The number of nitrogens with zero attached hydrogens (tertiary/aromatic N) is 4. The number of benzene rings is 2. The number of anilines is 3. The third kappa shape index (κ3) is 5.32. The average molecular weight is 464 g/mol. The summed E-state index contributed by atoms with van der Waals surface area (Å²) in [7, 11) is 0. The highest BCUT2D eigenvalue weighted by Gasteiger charge is 2.24. The Bertz CT molecular complexity index is 1170. The molecule has 14 heteroatoms. The number of aromatic nitrogens is 2. The third-order valence-corrected chi connectivity index (χ3v) is 4.18. The molecule has 2 aromatic carbocycles. The molecule has 3 aromatic rings. The van der Waals surface area contributed by atoms with Gasteiger partial charge in [-0.1, -0.05) is 29.3 Å². The fraction of sp³-hybridized carbons (Fsp3) is 0. The first-order valence-corrected chi connectivity index (χ1v) is 9.03. The second kappa shape index (κ2) is 9.19. The number of halogens is 2. The Morgan fingerprint density at radius 1 is 0.935 bits per heavy atom. The summed E-state index contributed by atoms with van der Waals surface area (Å²) in [5, 5.41) is 25.8. The minimum absolute atomic E-state index is 0.0367. The Morgan fingerprint density at radius 2 is 1.61 bits per heavy atom. The van der Waals surface area contributed by atoms with Gasteiger partial charge in [0, 0.05) is 33.4 Å². The van der Waals surface area contributed by atoms with Crippen LogP contribution in [-0.2, 0) is 0 Å². The number of non-ortho nitro benzene ring substituents is 1. The number of nitro groups is 2. The van der Waals surface area contributed by atoms with Crippen LogP contribution in [-0.4, -0.2) is 25.7 Å². The van der Waals surface area contributed by atoms with Crippen LogP contribution in [0.25, 0.3) is 0 Å². The summed E-state index contributed by atoms with van der Waals surface area (Å²) in [4.78, 5) is 40.9. The summed E-state index contributed by atoms with van der Waals surface area (Å²) in [5.41, 5.74) is 3.99. The van der Waals surface area contributed by atoms with Gasteiger partial charge in [-0.2, -0.15) is 0 Å². The van der Waals surface area contributed by atoms with Crippen LogP contribution >= 0.6 is 23.2 Å². The number of carbonyl (C=O) groups is 1. The lowest BCUT2D eigenvalue weighted by Crippen LogP contribution is -2.30. The highest BCUT2D eigenvalue weighted by molar-refractivity contribution is 6.35. The van der Waals surface area contributed by atoms with Crippen molar-refractivity contribution < 1.29 is 14.6 Å². The van der Waals surface area contributed by atoms with Gasteiger partial charge in [0.25, 0.3) is 11.6 Å². The molecule has 12 nitrogen and oxygen atoms in total. The Kier molecular flexibility index (Phi) is 6.43. The first-order valence-electron chi connectivity index (χ1n) is 8.28. The summed E-state index contributed by atoms with van der Waals surface area (Å²) in [6, 6.07) is 9.40. The molecular formula is C17H11Cl2N7O5. The van der Waals surface area contributed by atoms with E-state index in [4.69, 9.17) is 23.2 Å². The predicted molar refractivity (Wildman–Crippen MR) is 113 cm³/mol. The molecule has 1 aromatic heterocycles. The van der Waals surface area contributed by atoms with Crippen molar-refractivity contribution in [3.05, 3.63) is 84.6 Å². The molecule has 0 spiro atoms. The van der Waals surface area contributed by atoms with Crippen LogP contribution in [0.3, 0.4) is 0 Å². The number of nitro benzene ring substituents is 1. The monoisotopic (exact) mass is 463 g/mol. The normalized spacial score (nSPS) is 10.3. The number of hydrogen-bond donors (Lipinski definition) is 3. The van der Waals surface area contributed by atoms with E-state index in [0.717, 1.165) is 12.4 Å². The van der Waals surface area contributed by atoms with E-state index in [2.05, 4.69) is 26.1 Å². The van der Waals surface area contributed by atoms with Gasteiger partial charge in [-0.05, 0) is 24.3 Å². The Balaban J connectivity index is 1.84. The molecule has 158 valence electrons. The Hall–Kier alpha value is -4.03. The van der Waals surface area contributed by atoms with Crippen molar-refractivity contribution in [3.63, 3.8) is 0 Å². The molecule has 1 heterocycles. The van der Waals surface area contributed by atoms with Crippen LogP contribution in [0.4, 0.5) is 28.7 Å². The second-order valence-corrected chi connectivity index (χ2v) is 6.72. The lowest BCUT2D eigenvalue weighted by atomic mass is 10.2. The Labute approximate surface area is 183 Å². The van der Waals surface area contributed by atoms with Gasteiger partial charge in [-0.25, -0.2) is 9.97 Å². The highest BCUT2D eigenvalue weighted by Crippen LogP contribution is 2.32. The first-order chi connectivity index (χ1) is 14.7. The van der Waals surface area contributed by atoms with Crippen LogP contribution in [0.15, 0.2) is 48.8 Å². The largest absolute Gasteiger partial charge is 0.355 e. The summed E-state index contributed by atoms with van der Waals surface area (Å²) in [5.74, 6) is -1.28. The molecule has 0 aliphatic rings. The van der Waals surface area contributed by atoms with Gasteiger partial charge in [-0.3, -0.25) is 35.9 Å². The quantitative estimate of drug-likeness (QED) is 0.345. The molecule has 0 saturated carbocycles. The number of hydrazine groups is 1. The summed E-state index contributed by atoms with van der Waals surface area (Å²) in [6.45, 7) is 0. The zero-order chi connectivity index (χ0) is 22.5. The summed E-state index contributed by atoms with van der Waals surface area (Å²) >= 11 is 11.9. The molecular weight excluding hydrogens is 453 g/mol. The molecule has 0 bridgehead atoms. The van der Waals surface area contributed by atoms with E-state index in [9.17, 15) is 25.0 Å². The maximum absolute atomic E-state index is 12.3. The van der Waals surface area contributed by atoms with E-state index in [0.29, 0.717) is 15.7 Å². The van der Waals surface area contributed by atoms with Crippen molar-refractivity contribution in [1.82, 2.24) is 15.4 Å². The van der Waals surface area contributed by atoms with Gasteiger partial charge in [0.2, 0.25) is 11.6 Å². The lowest BCUT2D eigenvalue weighted by Gasteiger charge is -2.11. The number of amides is 1. The lowest BCUT2D eigenvalue weighted by molar-refractivity contribution is -0.384. The van der Waals surface area contributed by atoms with E-state index < -0.39 is 21.4 Å². The van der Waals surface area contributed by atoms with Crippen molar-refractivity contribution in [2.75, 3.05) is 10.7 Å². The SMILES string of the molecule is O=C(NNc1ncnc(Nc2cc(Cl)cc(Cl)c2)c1[N+](=O)[O-])c1cccc([N+](=O)[O-])c1. The first kappa shape index (κ1) is 21.7. The zero-order valence-electron chi connectivity index (χ0n) is 15.2. The number of carbonyl (C=O) groups excluding carboxylic acids is 1. The molecule has 0 aliphatic carbocycles. The molecule has 0 atom stereocenters. The van der Waals surface area contributed by atoms with Gasteiger partial charge in [-0.15, -0.1) is 0 Å². The number of hydrogen-bond acceptors (Lipinski definition) is 9. The van der Waals surface area contributed by atoms with Crippen molar-refractivity contribution in [2.45, 2.75) is 0 Å². The van der Waals surface area contributed by atoms with Crippen LogP contribution in [0.1, 0.15) is 10.4 Å². The van der Waals surface area contributed by atoms with E-state index in [1.165, 1.54) is 36.4 Å². The predicted octanol–water partition coefficient (Wildman–Crippen LogP) is 4.10. The van der Waals surface area contributed by atoms with E-state index >= 15 is 0 Å².